The zero-order valence-electron chi connectivity index (χ0n) is 27.2. The van der Waals surface area contributed by atoms with Gasteiger partial charge in [0.15, 0.2) is 5.84 Å². The molecule has 2 aliphatic carbocycles. The molecule has 0 saturated carbocycles. The molecule has 0 bridgehead atoms. The minimum atomic E-state index is -0.467. The van der Waals surface area contributed by atoms with Gasteiger partial charge in [0, 0.05) is 16.7 Å². The van der Waals surface area contributed by atoms with Gasteiger partial charge in [-0.1, -0.05) is 164 Å². The van der Waals surface area contributed by atoms with Gasteiger partial charge in [-0.15, -0.1) is 0 Å². The van der Waals surface area contributed by atoms with Gasteiger partial charge in [-0.25, -0.2) is 4.99 Å². The summed E-state index contributed by atoms with van der Waals surface area (Å²) >= 11 is 0. The first-order chi connectivity index (χ1) is 24.7. The zero-order valence-corrected chi connectivity index (χ0v) is 27.2. The van der Waals surface area contributed by atoms with E-state index >= 15 is 0 Å². The molecule has 0 atom stereocenters. The molecule has 0 heterocycles. The molecule has 50 heavy (non-hydrogen) atoms. The summed E-state index contributed by atoms with van der Waals surface area (Å²) in [5, 5.41) is 13.9. The van der Waals surface area contributed by atoms with E-state index in [1.54, 1.807) is 0 Å². The van der Waals surface area contributed by atoms with Gasteiger partial charge in [-0.3, -0.25) is 5.41 Å². The first-order valence-corrected chi connectivity index (χ1v) is 17.0. The van der Waals surface area contributed by atoms with E-state index in [2.05, 4.69) is 133 Å². The van der Waals surface area contributed by atoms with Crippen molar-refractivity contribution >= 4 is 33.2 Å². The van der Waals surface area contributed by atoms with Crippen molar-refractivity contribution in [3.63, 3.8) is 0 Å². The molecule has 0 saturated heterocycles. The Bertz CT molecular complexity index is 2670. The molecular weight excluding hydrogens is 607 g/mol. The lowest BCUT2D eigenvalue weighted by atomic mass is 9.70. The summed E-state index contributed by atoms with van der Waals surface area (Å²) in [6.07, 6.45) is 0. The lowest BCUT2D eigenvalue weighted by molar-refractivity contribution is 0.794. The highest BCUT2D eigenvalue weighted by Gasteiger charge is 2.51. The van der Waals surface area contributed by atoms with Crippen molar-refractivity contribution in [3.05, 3.63) is 203 Å². The number of amidine groups is 2. The fourth-order valence-corrected chi connectivity index (χ4v) is 8.79. The molecular formula is C47H31N3. The van der Waals surface area contributed by atoms with Crippen LogP contribution in [0.5, 0.6) is 0 Å². The quantitative estimate of drug-likeness (QED) is 0.113. The number of hydrogen-bond acceptors (Lipinski definition) is 1. The molecule has 234 valence electrons. The van der Waals surface area contributed by atoms with Crippen LogP contribution in [0, 0.1) is 5.41 Å². The minimum absolute atomic E-state index is 0.137. The fourth-order valence-electron chi connectivity index (χ4n) is 8.79. The Kier molecular flexibility index (Phi) is 6.09. The maximum absolute atomic E-state index is 9.60. The Labute approximate surface area is 290 Å². The van der Waals surface area contributed by atoms with E-state index < -0.39 is 5.41 Å². The standard InChI is InChI=1S/C47H31N3/c48-45(29-14-2-1-3-15-29)50-46(49)44-38-22-7-5-17-32(38)31-16-4-6-21-37(31)43(44)30-26-27-36-35-20-10-13-25-41(35)47(42(36)28-30)39-23-11-8-18-33(39)34-19-9-12-24-40(34)47/h1-28H,(H3,48,49,50). The summed E-state index contributed by atoms with van der Waals surface area (Å²) in [7, 11) is 0. The van der Waals surface area contributed by atoms with Crippen LogP contribution < -0.4 is 5.73 Å². The molecule has 0 radical (unpaired) electrons. The second kappa shape index (κ2) is 10.7. The van der Waals surface area contributed by atoms with Crippen LogP contribution in [0.1, 0.15) is 33.4 Å². The normalized spacial score (nSPS) is 13.6. The van der Waals surface area contributed by atoms with Gasteiger partial charge in [0.1, 0.15) is 5.84 Å². The van der Waals surface area contributed by atoms with Crippen molar-refractivity contribution in [2.45, 2.75) is 5.41 Å². The molecule has 0 aromatic heterocycles. The molecule has 10 rings (SSSR count). The first kappa shape index (κ1) is 28.4. The third-order valence-electron chi connectivity index (χ3n) is 10.8. The highest BCUT2D eigenvalue weighted by molar-refractivity contribution is 6.26. The van der Waals surface area contributed by atoms with E-state index in [-0.39, 0.29) is 5.84 Å². The number of rotatable bonds is 3. The van der Waals surface area contributed by atoms with Gasteiger partial charge in [0.25, 0.3) is 0 Å². The summed E-state index contributed by atoms with van der Waals surface area (Å²) in [6.45, 7) is 0. The number of hydrogen-bond donors (Lipinski definition) is 2. The second-order valence-electron chi connectivity index (χ2n) is 13.2. The summed E-state index contributed by atoms with van der Waals surface area (Å²) in [5.41, 5.74) is 20.0. The van der Waals surface area contributed by atoms with Crippen LogP contribution in [0.2, 0.25) is 0 Å². The Morgan fingerprint density at radius 1 is 0.460 bits per heavy atom. The smallest absolute Gasteiger partial charge is 0.155 e. The molecule has 8 aromatic carbocycles. The van der Waals surface area contributed by atoms with Gasteiger partial charge in [-0.2, -0.15) is 0 Å². The Balaban J connectivity index is 1.30. The van der Waals surface area contributed by atoms with Crippen molar-refractivity contribution in [1.82, 2.24) is 0 Å². The van der Waals surface area contributed by atoms with E-state index in [0.29, 0.717) is 5.84 Å². The first-order valence-electron chi connectivity index (χ1n) is 17.0. The van der Waals surface area contributed by atoms with Crippen molar-refractivity contribution < 1.29 is 0 Å². The van der Waals surface area contributed by atoms with Gasteiger partial charge in [0.05, 0.1) is 5.41 Å². The molecule has 0 amide bonds. The highest BCUT2D eigenvalue weighted by atomic mass is 14.9. The average molecular weight is 638 g/mol. The van der Waals surface area contributed by atoms with Crippen LogP contribution in [0.15, 0.2) is 175 Å². The number of nitrogens with one attached hydrogen (secondary N) is 1. The topological polar surface area (TPSA) is 62.2 Å². The zero-order chi connectivity index (χ0) is 33.4. The van der Waals surface area contributed by atoms with E-state index in [1.807, 2.05) is 36.4 Å². The fraction of sp³-hybridized carbons (Fsp3) is 0.0213. The molecule has 2 aliphatic rings. The minimum Gasteiger partial charge on any atom is -0.383 e. The van der Waals surface area contributed by atoms with Crippen LogP contribution in [0.3, 0.4) is 0 Å². The van der Waals surface area contributed by atoms with E-state index in [4.69, 9.17) is 10.7 Å². The van der Waals surface area contributed by atoms with Gasteiger partial charge < -0.3 is 5.73 Å². The maximum atomic E-state index is 9.60. The number of aliphatic imine (C=N–C) groups is 1. The number of fused-ring (bicyclic) bond motifs is 13. The van der Waals surface area contributed by atoms with Crippen LogP contribution in [0.4, 0.5) is 0 Å². The molecule has 3 nitrogen and oxygen atoms in total. The predicted octanol–water partition coefficient (Wildman–Crippen LogP) is 10.7. The molecule has 8 aromatic rings. The highest BCUT2D eigenvalue weighted by Crippen LogP contribution is 2.63. The van der Waals surface area contributed by atoms with E-state index in [0.717, 1.165) is 43.8 Å². The summed E-state index contributed by atoms with van der Waals surface area (Å²) in [5.74, 6) is 0.458. The number of nitrogens with two attached hydrogens (primary N) is 1. The third-order valence-corrected chi connectivity index (χ3v) is 10.8. The Morgan fingerprint density at radius 3 is 1.52 bits per heavy atom. The number of nitrogens with zero attached hydrogens (tertiary/aromatic N) is 1. The molecule has 0 fully saturated rings. The molecule has 3 heteroatoms. The molecule has 3 N–H and O–H groups in total. The van der Waals surface area contributed by atoms with Crippen molar-refractivity contribution in [2.24, 2.45) is 10.7 Å². The van der Waals surface area contributed by atoms with Crippen LogP contribution in [-0.2, 0) is 5.41 Å². The van der Waals surface area contributed by atoms with Gasteiger partial charge >= 0.3 is 0 Å². The van der Waals surface area contributed by atoms with Crippen molar-refractivity contribution in [3.8, 4) is 33.4 Å². The summed E-state index contributed by atoms with van der Waals surface area (Å²) in [6, 6.07) is 60.2. The van der Waals surface area contributed by atoms with Gasteiger partial charge in [0.2, 0.25) is 0 Å². The predicted molar refractivity (Wildman–Crippen MR) is 207 cm³/mol. The second-order valence-corrected chi connectivity index (χ2v) is 13.2. The molecule has 0 unspecified atom stereocenters. The largest absolute Gasteiger partial charge is 0.383 e. The number of benzene rings is 8. The SMILES string of the molecule is N=C(/N=C(\N)c1ccccc1)c1c(-c2ccc3c(c2)C2(c4ccccc4-c4ccccc42)c2ccccc2-3)c2ccccc2c2ccccc12. The Hall–Kier alpha value is -6.58. The molecule has 1 spiro atoms. The monoisotopic (exact) mass is 637 g/mol. The van der Waals surface area contributed by atoms with Crippen LogP contribution in [0.25, 0.3) is 54.9 Å². The lowest BCUT2D eigenvalue weighted by Crippen LogP contribution is -2.25. The van der Waals surface area contributed by atoms with Crippen LogP contribution in [-0.4, -0.2) is 11.7 Å². The van der Waals surface area contributed by atoms with E-state index in [9.17, 15) is 5.41 Å². The van der Waals surface area contributed by atoms with Crippen molar-refractivity contribution in [1.29, 1.82) is 5.41 Å². The van der Waals surface area contributed by atoms with E-state index in [1.165, 1.54) is 44.5 Å². The molecule has 0 aliphatic heterocycles. The van der Waals surface area contributed by atoms with Crippen molar-refractivity contribution in [2.75, 3.05) is 0 Å². The van der Waals surface area contributed by atoms with Gasteiger partial charge in [-0.05, 0) is 77.7 Å². The average Bonchev–Trinajstić information content (AvgIpc) is 3.65. The maximum Gasteiger partial charge on any atom is 0.155 e. The summed E-state index contributed by atoms with van der Waals surface area (Å²) in [4.78, 5) is 4.77. The Morgan fingerprint density at radius 2 is 0.920 bits per heavy atom. The summed E-state index contributed by atoms with van der Waals surface area (Å²) < 4.78 is 0. The third kappa shape index (κ3) is 3.80. The lowest BCUT2D eigenvalue weighted by Gasteiger charge is -2.31. The van der Waals surface area contributed by atoms with Crippen LogP contribution >= 0.6 is 0 Å².